The van der Waals surface area contributed by atoms with Gasteiger partial charge in [-0.1, -0.05) is 139 Å². The highest BCUT2D eigenvalue weighted by atomic mass is 16.6. The van der Waals surface area contributed by atoms with Crippen molar-refractivity contribution in [3.8, 4) is 0 Å². The van der Waals surface area contributed by atoms with Gasteiger partial charge < -0.3 is 9.64 Å². The summed E-state index contributed by atoms with van der Waals surface area (Å²) in [5.74, 6) is 0. The molecule has 5 aromatic carbocycles. The highest BCUT2D eigenvalue weighted by Gasteiger charge is 2.28. The summed E-state index contributed by atoms with van der Waals surface area (Å²) in [5.41, 5.74) is 6.76. The molecule has 1 aliphatic heterocycles. The van der Waals surface area contributed by atoms with Crippen molar-refractivity contribution in [3.63, 3.8) is 0 Å². The molecule has 0 spiro atoms. The molecule has 6 aromatic rings. The second kappa shape index (κ2) is 17.3. The lowest BCUT2D eigenvalue weighted by Gasteiger charge is -2.32. The summed E-state index contributed by atoms with van der Waals surface area (Å²) < 4.78 is 9.57. The fourth-order valence-electron chi connectivity index (χ4n) is 6.60. The zero-order valence-corrected chi connectivity index (χ0v) is 28.8. The second-order valence-corrected chi connectivity index (χ2v) is 12.9. The van der Waals surface area contributed by atoms with Gasteiger partial charge in [-0.2, -0.15) is 0 Å². The van der Waals surface area contributed by atoms with Crippen LogP contribution in [0.4, 0.5) is 4.79 Å². The predicted molar refractivity (Wildman–Crippen MR) is 201 cm³/mol. The first-order chi connectivity index (χ1) is 24.5. The summed E-state index contributed by atoms with van der Waals surface area (Å²) in [6.45, 7) is 6.27. The Morgan fingerprint density at radius 3 is 1.66 bits per heavy atom. The highest BCUT2D eigenvalue weighted by molar-refractivity contribution is 5.76. The largest absolute Gasteiger partial charge is 0.448 e. The van der Waals surface area contributed by atoms with Crippen molar-refractivity contribution in [1.82, 2.24) is 18.9 Å². The van der Waals surface area contributed by atoms with E-state index in [1.165, 1.54) is 16.7 Å². The number of amides is 1. The number of likely N-dealkylation sites (tertiary alicyclic amines) is 1. The Bertz CT molecular complexity index is 1930. The number of carbonyl (C=O) groups excluding carboxylic acids is 1. The number of carbonyl (C=O) groups is 1. The molecular formula is C43H46N4O3. The fourth-order valence-corrected chi connectivity index (χ4v) is 6.60. The van der Waals surface area contributed by atoms with Crippen LogP contribution in [0.15, 0.2) is 150 Å². The lowest BCUT2D eigenvalue weighted by Crippen LogP contribution is -2.42. The molecule has 0 radical (unpaired) electrons. The Morgan fingerprint density at radius 2 is 1.14 bits per heavy atom. The van der Waals surface area contributed by atoms with Gasteiger partial charge in [-0.25, -0.2) is 9.59 Å². The molecular weight excluding hydrogens is 620 g/mol. The summed E-state index contributed by atoms with van der Waals surface area (Å²) in [6, 6.07) is 49.1. The van der Waals surface area contributed by atoms with E-state index in [2.05, 4.69) is 72.5 Å². The van der Waals surface area contributed by atoms with Gasteiger partial charge in [0.2, 0.25) is 0 Å². The third-order valence-corrected chi connectivity index (χ3v) is 9.21. The molecule has 0 saturated carbocycles. The number of hydrogen-bond donors (Lipinski definition) is 0. The van der Waals surface area contributed by atoms with Gasteiger partial charge in [0, 0.05) is 38.8 Å². The number of hydrogen-bond acceptors (Lipinski definition) is 4. The minimum Gasteiger partial charge on any atom is -0.448 e. The molecule has 1 amide bonds. The zero-order valence-electron chi connectivity index (χ0n) is 28.8. The molecule has 0 aliphatic carbocycles. The maximum atomic E-state index is 13.7. The van der Waals surface area contributed by atoms with E-state index >= 15 is 0 Å². The summed E-state index contributed by atoms with van der Waals surface area (Å²) in [6.07, 6.45) is 1.14. The van der Waals surface area contributed by atoms with Crippen LogP contribution in [0.3, 0.4) is 0 Å². The molecule has 1 saturated heterocycles. The minimum absolute atomic E-state index is 0.00278. The monoisotopic (exact) mass is 666 g/mol. The molecule has 256 valence electrons. The van der Waals surface area contributed by atoms with E-state index in [0.29, 0.717) is 45.6 Å². The molecule has 0 bridgehead atoms. The molecule has 1 fully saturated rings. The SMILES string of the molecule is Cc1ccccc1.O=C(OCCN(Cc1ccccc1)Cc1ccccc1)N1CCC(n2c(=O)n(Cc3ccccc3)c3ccccc32)CC1. The zero-order chi connectivity index (χ0) is 34.5. The third-order valence-electron chi connectivity index (χ3n) is 9.21. The Hall–Kier alpha value is -5.40. The van der Waals surface area contributed by atoms with Crippen molar-refractivity contribution in [2.24, 2.45) is 0 Å². The van der Waals surface area contributed by atoms with Gasteiger partial charge in [-0.15, -0.1) is 0 Å². The van der Waals surface area contributed by atoms with Crippen molar-refractivity contribution in [2.45, 2.75) is 45.4 Å². The number of aryl methyl sites for hydroxylation is 1. The van der Waals surface area contributed by atoms with E-state index in [1.54, 1.807) is 4.90 Å². The summed E-state index contributed by atoms with van der Waals surface area (Å²) in [4.78, 5) is 30.8. The lowest BCUT2D eigenvalue weighted by atomic mass is 10.0. The molecule has 1 aromatic heterocycles. The van der Waals surface area contributed by atoms with Crippen molar-refractivity contribution < 1.29 is 9.53 Å². The van der Waals surface area contributed by atoms with Crippen LogP contribution in [0.2, 0.25) is 0 Å². The van der Waals surface area contributed by atoms with Crippen LogP contribution in [0.1, 0.15) is 41.1 Å². The van der Waals surface area contributed by atoms with E-state index in [4.69, 9.17) is 4.74 Å². The average molecular weight is 667 g/mol. The number of benzene rings is 5. The molecule has 7 rings (SSSR count). The lowest BCUT2D eigenvalue weighted by molar-refractivity contribution is 0.0769. The number of ether oxygens (including phenoxy) is 1. The predicted octanol–water partition coefficient (Wildman–Crippen LogP) is 8.32. The number of aromatic nitrogens is 2. The van der Waals surface area contributed by atoms with Crippen molar-refractivity contribution in [1.29, 1.82) is 0 Å². The number of imidazole rings is 1. The Morgan fingerprint density at radius 1 is 0.660 bits per heavy atom. The molecule has 2 heterocycles. The van der Waals surface area contributed by atoms with Gasteiger partial charge in [0.25, 0.3) is 0 Å². The van der Waals surface area contributed by atoms with E-state index in [-0.39, 0.29) is 17.8 Å². The van der Waals surface area contributed by atoms with Gasteiger partial charge in [0.1, 0.15) is 6.61 Å². The third kappa shape index (κ3) is 9.18. The molecule has 7 nitrogen and oxygen atoms in total. The summed E-state index contributed by atoms with van der Waals surface area (Å²) >= 11 is 0. The van der Waals surface area contributed by atoms with Crippen molar-refractivity contribution in [3.05, 3.63) is 178 Å². The van der Waals surface area contributed by atoms with E-state index in [9.17, 15) is 9.59 Å². The van der Waals surface area contributed by atoms with Crippen LogP contribution >= 0.6 is 0 Å². The molecule has 0 unspecified atom stereocenters. The Kier molecular flexibility index (Phi) is 11.9. The average Bonchev–Trinajstić information content (AvgIpc) is 3.43. The molecule has 7 heteroatoms. The van der Waals surface area contributed by atoms with Crippen LogP contribution in [-0.4, -0.2) is 51.3 Å². The van der Waals surface area contributed by atoms with Crippen LogP contribution in [0.25, 0.3) is 11.0 Å². The summed E-state index contributed by atoms with van der Waals surface area (Å²) in [7, 11) is 0. The standard InChI is InChI=1S/C36H38N4O3.C7H8/c41-35-39(28-31-16-8-3-9-17-31)33-18-10-11-19-34(33)40(35)32-20-22-38(23-21-32)36(42)43-25-24-37(26-29-12-4-1-5-13-29)27-30-14-6-2-7-15-30;1-7-5-3-2-4-6-7/h1-19,32H,20-28H2;2-6H,1H3. The first-order valence-electron chi connectivity index (χ1n) is 17.5. The van der Waals surface area contributed by atoms with Gasteiger partial charge in [-0.05, 0) is 48.6 Å². The van der Waals surface area contributed by atoms with Crippen LogP contribution in [-0.2, 0) is 24.4 Å². The number of fused-ring (bicyclic) bond motifs is 1. The van der Waals surface area contributed by atoms with Gasteiger partial charge in [0.15, 0.2) is 0 Å². The number of para-hydroxylation sites is 2. The maximum absolute atomic E-state index is 13.7. The topological polar surface area (TPSA) is 59.7 Å². The van der Waals surface area contributed by atoms with Crippen LogP contribution in [0.5, 0.6) is 0 Å². The van der Waals surface area contributed by atoms with E-state index in [1.807, 2.05) is 94.1 Å². The van der Waals surface area contributed by atoms with E-state index in [0.717, 1.165) is 29.7 Å². The minimum atomic E-state index is -0.281. The van der Waals surface area contributed by atoms with Crippen molar-refractivity contribution >= 4 is 17.1 Å². The van der Waals surface area contributed by atoms with Crippen LogP contribution < -0.4 is 5.69 Å². The molecule has 50 heavy (non-hydrogen) atoms. The number of piperidine rings is 1. The number of nitrogens with zero attached hydrogens (tertiary/aromatic N) is 4. The van der Waals surface area contributed by atoms with E-state index < -0.39 is 0 Å². The Balaban J connectivity index is 0.000000552. The smallest absolute Gasteiger partial charge is 0.409 e. The van der Waals surface area contributed by atoms with Gasteiger partial charge in [0.05, 0.1) is 17.6 Å². The fraction of sp³-hybridized carbons (Fsp3) is 0.256. The number of rotatable bonds is 10. The molecule has 0 N–H and O–H groups in total. The molecule has 1 aliphatic rings. The summed E-state index contributed by atoms with van der Waals surface area (Å²) in [5, 5.41) is 0. The Labute approximate surface area is 295 Å². The quantitative estimate of drug-likeness (QED) is 0.148. The van der Waals surface area contributed by atoms with Gasteiger partial charge in [-0.3, -0.25) is 14.0 Å². The van der Waals surface area contributed by atoms with Crippen molar-refractivity contribution in [2.75, 3.05) is 26.2 Å². The highest BCUT2D eigenvalue weighted by Crippen LogP contribution is 2.26. The first-order valence-corrected chi connectivity index (χ1v) is 17.5. The van der Waals surface area contributed by atoms with Crippen LogP contribution in [0, 0.1) is 6.92 Å². The first kappa shape index (κ1) is 34.5. The van der Waals surface area contributed by atoms with Gasteiger partial charge >= 0.3 is 11.8 Å². The molecule has 0 atom stereocenters. The normalized spacial score (nSPS) is 13.2. The maximum Gasteiger partial charge on any atom is 0.409 e. The second-order valence-electron chi connectivity index (χ2n) is 12.9.